The van der Waals surface area contributed by atoms with E-state index in [0.717, 1.165) is 10.7 Å². The normalized spacial score (nSPS) is 13.2. The number of benzene rings is 1. The first kappa shape index (κ1) is 15.7. The molecule has 0 bridgehead atoms. The van der Waals surface area contributed by atoms with Crippen molar-refractivity contribution in [2.24, 2.45) is 5.84 Å². The van der Waals surface area contributed by atoms with Crippen molar-refractivity contribution in [2.45, 2.75) is 25.7 Å². The van der Waals surface area contributed by atoms with Crippen LogP contribution in [0.1, 0.15) is 22.3 Å². The lowest BCUT2D eigenvalue weighted by Crippen LogP contribution is -2.30. The number of ether oxygens (including phenoxy) is 1. The number of hydrazine groups is 1. The van der Waals surface area contributed by atoms with E-state index >= 15 is 0 Å². The molecule has 4 nitrogen and oxygen atoms in total. The third-order valence-electron chi connectivity index (χ3n) is 2.77. The first-order chi connectivity index (χ1) is 9.89. The number of alkyl halides is 3. The molecule has 1 aromatic carbocycles. The highest BCUT2D eigenvalue weighted by atomic mass is 32.1. The summed E-state index contributed by atoms with van der Waals surface area (Å²) in [6.07, 6.45) is -4.36. The summed E-state index contributed by atoms with van der Waals surface area (Å²) in [5.41, 5.74) is 3.73. The maximum Gasteiger partial charge on any atom is 0.573 e. The van der Waals surface area contributed by atoms with Crippen LogP contribution in [-0.2, 0) is 6.42 Å². The molecule has 21 heavy (non-hydrogen) atoms. The molecule has 3 N–H and O–H groups in total. The van der Waals surface area contributed by atoms with Crippen molar-refractivity contribution in [2.75, 3.05) is 0 Å². The van der Waals surface area contributed by atoms with Crippen LogP contribution in [-0.4, -0.2) is 11.3 Å². The third kappa shape index (κ3) is 4.42. The van der Waals surface area contributed by atoms with Gasteiger partial charge in [0.05, 0.1) is 11.0 Å². The molecule has 0 aliphatic rings. The Bertz CT molecular complexity index is 600. The van der Waals surface area contributed by atoms with Gasteiger partial charge in [0.15, 0.2) is 0 Å². The third-order valence-corrected chi connectivity index (χ3v) is 3.76. The standard InChI is InChI=1S/C13H14F3N3OS/c1-8-7-21-12(18-8)6-10(19-17)9-4-2-3-5-11(9)20-13(14,15)16/h2-5,7,10,19H,6,17H2,1H3. The average molecular weight is 317 g/mol. The summed E-state index contributed by atoms with van der Waals surface area (Å²) in [7, 11) is 0. The van der Waals surface area contributed by atoms with E-state index in [9.17, 15) is 13.2 Å². The maximum atomic E-state index is 12.4. The minimum absolute atomic E-state index is 0.263. The molecule has 8 heteroatoms. The minimum atomic E-state index is -4.74. The second kappa shape index (κ2) is 6.42. The number of nitrogens with one attached hydrogen (secondary N) is 1. The number of hydrogen-bond acceptors (Lipinski definition) is 5. The van der Waals surface area contributed by atoms with Gasteiger partial charge in [-0.25, -0.2) is 4.98 Å². The molecule has 0 saturated carbocycles. The number of nitrogens with zero attached hydrogens (tertiary/aromatic N) is 1. The number of thiazole rings is 1. The van der Waals surface area contributed by atoms with E-state index in [-0.39, 0.29) is 5.75 Å². The van der Waals surface area contributed by atoms with E-state index < -0.39 is 12.4 Å². The fourth-order valence-corrected chi connectivity index (χ4v) is 2.73. The van der Waals surface area contributed by atoms with Crippen molar-refractivity contribution in [3.8, 4) is 5.75 Å². The quantitative estimate of drug-likeness (QED) is 0.657. The Labute approximate surface area is 123 Å². The number of aryl methyl sites for hydroxylation is 1. The van der Waals surface area contributed by atoms with Crippen LogP contribution in [0.3, 0.4) is 0 Å². The van der Waals surface area contributed by atoms with Gasteiger partial charge in [0.1, 0.15) is 5.75 Å². The van der Waals surface area contributed by atoms with Crippen LogP contribution in [0.5, 0.6) is 5.75 Å². The van der Waals surface area contributed by atoms with Gasteiger partial charge in [0.2, 0.25) is 0 Å². The molecular formula is C13H14F3N3OS. The van der Waals surface area contributed by atoms with E-state index in [1.54, 1.807) is 12.1 Å². The van der Waals surface area contributed by atoms with Gasteiger partial charge in [-0.1, -0.05) is 18.2 Å². The van der Waals surface area contributed by atoms with Crippen LogP contribution >= 0.6 is 11.3 Å². The first-order valence-electron chi connectivity index (χ1n) is 6.11. The molecule has 2 aromatic rings. The van der Waals surface area contributed by atoms with E-state index in [4.69, 9.17) is 5.84 Å². The summed E-state index contributed by atoms with van der Waals surface area (Å²) in [5, 5.41) is 2.67. The lowest BCUT2D eigenvalue weighted by Gasteiger charge is -2.19. The Morgan fingerprint density at radius 1 is 1.38 bits per heavy atom. The fourth-order valence-electron chi connectivity index (χ4n) is 1.92. The second-order valence-corrected chi connectivity index (χ2v) is 5.33. The summed E-state index contributed by atoms with van der Waals surface area (Å²) in [6.45, 7) is 1.85. The number of para-hydroxylation sites is 1. The molecule has 114 valence electrons. The first-order valence-corrected chi connectivity index (χ1v) is 6.99. The number of hydrogen-bond donors (Lipinski definition) is 2. The molecule has 1 aromatic heterocycles. The summed E-state index contributed by atoms with van der Waals surface area (Å²) in [6, 6.07) is 5.41. The summed E-state index contributed by atoms with van der Waals surface area (Å²) < 4.78 is 41.4. The van der Waals surface area contributed by atoms with Crippen molar-refractivity contribution in [3.63, 3.8) is 0 Å². The van der Waals surface area contributed by atoms with Crippen molar-refractivity contribution in [1.29, 1.82) is 0 Å². The second-order valence-electron chi connectivity index (χ2n) is 4.39. The largest absolute Gasteiger partial charge is 0.573 e. The van der Waals surface area contributed by atoms with Gasteiger partial charge in [-0.15, -0.1) is 24.5 Å². The highest BCUT2D eigenvalue weighted by Gasteiger charge is 2.33. The zero-order valence-corrected chi connectivity index (χ0v) is 12.0. The molecule has 1 unspecified atom stereocenters. The Morgan fingerprint density at radius 2 is 2.10 bits per heavy atom. The topological polar surface area (TPSA) is 60.2 Å². The van der Waals surface area contributed by atoms with Gasteiger partial charge in [-0.3, -0.25) is 11.3 Å². The summed E-state index contributed by atoms with van der Waals surface area (Å²) in [5.74, 6) is 5.22. The van der Waals surface area contributed by atoms with E-state index in [0.29, 0.717) is 12.0 Å². The molecule has 0 spiro atoms. The van der Waals surface area contributed by atoms with Crippen molar-refractivity contribution >= 4 is 11.3 Å². The predicted octanol–water partition coefficient (Wildman–Crippen LogP) is 3.10. The molecule has 0 fully saturated rings. The highest BCUT2D eigenvalue weighted by molar-refractivity contribution is 7.09. The molecular weight excluding hydrogens is 303 g/mol. The number of aromatic nitrogens is 1. The molecule has 2 rings (SSSR count). The zero-order chi connectivity index (χ0) is 15.5. The van der Waals surface area contributed by atoms with E-state index in [1.165, 1.54) is 23.5 Å². The van der Waals surface area contributed by atoms with E-state index in [2.05, 4.69) is 15.1 Å². The predicted molar refractivity (Wildman–Crippen MR) is 73.7 cm³/mol. The minimum Gasteiger partial charge on any atom is -0.405 e. The van der Waals surface area contributed by atoms with Crippen molar-refractivity contribution < 1.29 is 17.9 Å². The Balaban J connectivity index is 2.25. The van der Waals surface area contributed by atoms with E-state index in [1.807, 2.05) is 12.3 Å². The van der Waals surface area contributed by atoms with Gasteiger partial charge in [0.25, 0.3) is 0 Å². The molecule has 0 aliphatic carbocycles. The average Bonchev–Trinajstić information content (AvgIpc) is 2.81. The monoisotopic (exact) mass is 317 g/mol. The maximum absolute atomic E-state index is 12.4. The Morgan fingerprint density at radius 3 is 2.67 bits per heavy atom. The van der Waals surface area contributed by atoms with Crippen LogP contribution in [0.15, 0.2) is 29.6 Å². The van der Waals surface area contributed by atoms with Gasteiger partial charge < -0.3 is 4.74 Å². The Hall–Kier alpha value is -1.64. The van der Waals surface area contributed by atoms with Crippen LogP contribution in [0.25, 0.3) is 0 Å². The molecule has 0 radical (unpaired) electrons. The van der Waals surface area contributed by atoms with Crippen LogP contribution in [0.2, 0.25) is 0 Å². The molecule has 1 atom stereocenters. The number of halogens is 3. The van der Waals surface area contributed by atoms with Crippen molar-refractivity contribution in [1.82, 2.24) is 10.4 Å². The fraction of sp³-hybridized carbons (Fsp3) is 0.308. The molecule has 1 heterocycles. The summed E-state index contributed by atoms with van der Waals surface area (Å²) in [4.78, 5) is 4.29. The SMILES string of the molecule is Cc1csc(CC(NN)c2ccccc2OC(F)(F)F)n1. The lowest BCUT2D eigenvalue weighted by atomic mass is 10.0. The van der Waals surface area contributed by atoms with Gasteiger partial charge >= 0.3 is 6.36 Å². The number of nitrogens with two attached hydrogens (primary N) is 1. The highest BCUT2D eigenvalue weighted by Crippen LogP contribution is 2.31. The van der Waals surface area contributed by atoms with Crippen LogP contribution in [0.4, 0.5) is 13.2 Å². The van der Waals surface area contributed by atoms with Crippen molar-refractivity contribution in [3.05, 3.63) is 45.9 Å². The molecule has 0 saturated heterocycles. The summed E-state index contributed by atoms with van der Waals surface area (Å²) >= 11 is 1.44. The van der Waals surface area contributed by atoms with Gasteiger partial charge in [0, 0.05) is 23.1 Å². The zero-order valence-electron chi connectivity index (χ0n) is 11.1. The lowest BCUT2D eigenvalue weighted by molar-refractivity contribution is -0.275. The Kier molecular flexibility index (Phi) is 4.81. The van der Waals surface area contributed by atoms with Crippen LogP contribution in [0, 0.1) is 6.92 Å². The van der Waals surface area contributed by atoms with Gasteiger partial charge in [-0.05, 0) is 13.0 Å². The number of rotatable bonds is 5. The smallest absolute Gasteiger partial charge is 0.405 e. The molecule has 0 aliphatic heterocycles. The van der Waals surface area contributed by atoms with Gasteiger partial charge in [-0.2, -0.15) is 0 Å². The van der Waals surface area contributed by atoms with Crippen LogP contribution < -0.4 is 16.0 Å². The molecule has 0 amide bonds.